The van der Waals surface area contributed by atoms with Crippen LogP contribution in [0.5, 0.6) is 0 Å². The summed E-state index contributed by atoms with van der Waals surface area (Å²) in [5, 5.41) is 9.41. The van der Waals surface area contributed by atoms with E-state index in [1.807, 2.05) is 37.3 Å². The van der Waals surface area contributed by atoms with Crippen LogP contribution in [0.3, 0.4) is 0 Å². The number of aromatic nitrogens is 1. The predicted molar refractivity (Wildman–Crippen MR) is 89.4 cm³/mol. The smallest absolute Gasteiger partial charge is 0.340 e. The van der Waals surface area contributed by atoms with Crippen LogP contribution in [-0.4, -0.2) is 42.0 Å². The number of carbonyl (C=O) groups excluding carboxylic acids is 2. The molecule has 0 aliphatic rings. The number of carbonyl (C=O) groups is 2. The molecule has 1 aromatic carbocycles. The maximum Gasteiger partial charge on any atom is 0.340 e. The molecule has 0 spiro atoms. The second-order valence-corrected chi connectivity index (χ2v) is 5.51. The Labute approximate surface area is 140 Å². The number of hydrogen-bond donors (Lipinski definition) is 0. The molecule has 0 N–H and O–H groups in total. The molecule has 0 saturated heterocycles. The Morgan fingerprint density at radius 2 is 2.00 bits per heavy atom. The first-order valence-corrected chi connectivity index (χ1v) is 7.59. The van der Waals surface area contributed by atoms with Crippen LogP contribution in [0.4, 0.5) is 0 Å². The van der Waals surface area contributed by atoms with E-state index in [-0.39, 0.29) is 18.9 Å². The Balaban J connectivity index is 2.15. The van der Waals surface area contributed by atoms with Crippen LogP contribution in [0.1, 0.15) is 28.0 Å². The average Bonchev–Trinajstić information content (AvgIpc) is 2.57. The minimum Gasteiger partial charge on any atom is -0.452 e. The summed E-state index contributed by atoms with van der Waals surface area (Å²) in [5.74, 6) is -0.909. The second kappa shape index (κ2) is 7.55. The van der Waals surface area contributed by atoms with E-state index >= 15 is 0 Å². The maximum atomic E-state index is 12.4. The Bertz CT molecular complexity index is 824. The molecule has 0 aliphatic heterocycles. The van der Waals surface area contributed by atoms with Gasteiger partial charge in [0.25, 0.3) is 5.91 Å². The van der Waals surface area contributed by atoms with Crippen molar-refractivity contribution in [3.8, 4) is 6.07 Å². The first-order chi connectivity index (χ1) is 11.5. The Kier molecular flexibility index (Phi) is 5.48. The van der Waals surface area contributed by atoms with Gasteiger partial charge in [0.1, 0.15) is 0 Å². The number of pyridine rings is 1. The fraction of sp³-hybridized carbons (Fsp3) is 0.333. The molecule has 124 valence electrons. The molecule has 1 amide bonds. The Hall–Kier alpha value is -2.94. The molecular formula is C18H19N3O3. The zero-order valence-electron chi connectivity index (χ0n) is 14.0. The van der Waals surface area contributed by atoms with Crippen molar-refractivity contribution in [2.75, 3.05) is 20.2 Å². The fourth-order valence-corrected chi connectivity index (χ4v) is 2.48. The Morgan fingerprint density at radius 1 is 1.29 bits per heavy atom. The van der Waals surface area contributed by atoms with Crippen LogP contribution >= 0.6 is 0 Å². The van der Waals surface area contributed by atoms with Crippen LogP contribution < -0.4 is 0 Å². The third kappa shape index (κ3) is 3.69. The summed E-state index contributed by atoms with van der Waals surface area (Å²) in [6.45, 7) is 3.54. The van der Waals surface area contributed by atoms with Crippen LogP contribution in [0.2, 0.25) is 0 Å². The van der Waals surface area contributed by atoms with E-state index in [4.69, 9.17) is 10.00 Å². The first-order valence-electron chi connectivity index (χ1n) is 7.59. The number of likely N-dealkylation sites (N-methyl/N-ethyl adjacent to an activating group) is 1. The lowest BCUT2D eigenvalue weighted by Crippen LogP contribution is -2.32. The number of esters is 1. The molecular weight excluding hydrogens is 306 g/mol. The van der Waals surface area contributed by atoms with Gasteiger partial charge in [0.05, 0.1) is 29.3 Å². The summed E-state index contributed by atoms with van der Waals surface area (Å²) in [6, 6.07) is 9.53. The summed E-state index contributed by atoms with van der Waals surface area (Å²) in [6.07, 6.45) is 0.239. The van der Waals surface area contributed by atoms with Crippen molar-refractivity contribution in [1.82, 2.24) is 9.88 Å². The van der Waals surface area contributed by atoms with Crippen LogP contribution in [0.15, 0.2) is 24.3 Å². The first kappa shape index (κ1) is 17.4. The van der Waals surface area contributed by atoms with Crippen LogP contribution in [0, 0.1) is 25.2 Å². The van der Waals surface area contributed by atoms with Gasteiger partial charge < -0.3 is 9.64 Å². The van der Waals surface area contributed by atoms with Gasteiger partial charge >= 0.3 is 5.97 Å². The number of ether oxygens (including phenoxy) is 1. The van der Waals surface area contributed by atoms with Gasteiger partial charge in [0, 0.05) is 19.0 Å². The normalized spacial score (nSPS) is 10.2. The minimum atomic E-state index is -0.565. The number of nitrogens with zero attached hydrogens (tertiary/aromatic N) is 3. The number of aryl methyl sites for hydroxylation is 2. The minimum absolute atomic E-state index is 0.239. The molecule has 0 aliphatic carbocycles. The van der Waals surface area contributed by atoms with Gasteiger partial charge in [-0.25, -0.2) is 4.79 Å². The van der Waals surface area contributed by atoms with Gasteiger partial charge in [-0.15, -0.1) is 0 Å². The lowest BCUT2D eigenvalue weighted by molar-refractivity contribution is -0.133. The van der Waals surface area contributed by atoms with Gasteiger partial charge in [-0.05, 0) is 25.5 Å². The molecule has 0 saturated carbocycles. The van der Waals surface area contributed by atoms with Gasteiger partial charge in [-0.1, -0.05) is 18.2 Å². The highest BCUT2D eigenvalue weighted by atomic mass is 16.5. The van der Waals surface area contributed by atoms with E-state index in [1.165, 1.54) is 4.90 Å². The zero-order chi connectivity index (χ0) is 17.7. The van der Waals surface area contributed by atoms with Crippen molar-refractivity contribution in [3.63, 3.8) is 0 Å². The maximum absolute atomic E-state index is 12.4. The number of benzene rings is 1. The molecule has 6 nitrogen and oxygen atoms in total. The summed E-state index contributed by atoms with van der Waals surface area (Å²) in [4.78, 5) is 30.1. The van der Waals surface area contributed by atoms with E-state index in [9.17, 15) is 9.59 Å². The third-order valence-electron chi connectivity index (χ3n) is 3.85. The number of hydrogen-bond acceptors (Lipinski definition) is 5. The van der Waals surface area contributed by atoms with Crippen LogP contribution in [0.25, 0.3) is 10.9 Å². The molecule has 2 rings (SSSR count). The average molecular weight is 325 g/mol. The van der Waals surface area contributed by atoms with E-state index in [2.05, 4.69) is 4.98 Å². The largest absolute Gasteiger partial charge is 0.452 e. The third-order valence-corrected chi connectivity index (χ3v) is 3.85. The Morgan fingerprint density at radius 3 is 2.71 bits per heavy atom. The van der Waals surface area contributed by atoms with Gasteiger partial charge in [-0.2, -0.15) is 5.26 Å². The van der Waals surface area contributed by atoms with Crippen molar-refractivity contribution >= 4 is 22.8 Å². The zero-order valence-corrected chi connectivity index (χ0v) is 14.0. The van der Waals surface area contributed by atoms with Crippen molar-refractivity contribution in [2.24, 2.45) is 0 Å². The van der Waals surface area contributed by atoms with Crippen molar-refractivity contribution in [3.05, 3.63) is 41.1 Å². The molecule has 0 radical (unpaired) electrons. The highest BCUT2D eigenvalue weighted by molar-refractivity contribution is 5.99. The van der Waals surface area contributed by atoms with Gasteiger partial charge in [0.15, 0.2) is 6.61 Å². The predicted octanol–water partition coefficient (Wildman–Crippen LogP) is 2.38. The molecule has 1 heterocycles. The van der Waals surface area contributed by atoms with Crippen molar-refractivity contribution < 1.29 is 14.3 Å². The van der Waals surface area contributed by atoms with Crippen molar-refractivity contribution in [2.45, 2.75) is 20.3 Å². The van der Waals surface area contributed by atoms with E-state index in [0.29, 0.717) is 17.8 Å². The van der Waals surface area contributed by atoms with E-state index in [0.717, 1.165) is 16.5 Å². The highest BCUT2D eigenvalue weighted by Gasteiger charge is 2.19. The highest BCUT2D eigenvalue weighted by Crippen LogP contribution is 2.23. The SMILES string of the molecule is Cc1nc2ccccc2c(C)c1C(=O)OCC(=O)N(C)CCC#N. The topological polar surface area (TPSA) is 83.3 Å². The lowest BCUT2D eigenvalue weighted by Gasteiger charge is -2.16. The molecule has 24 heavy (non-hydrogen) atoms. The number of amides is 1. The molecule has 6 heteroatoms. The molecule has 0 atom stereocenters. The number of para-hydroxylation sites is 1. The standard InChI is InChI=1S/C18H19N3O3/c1-12-14-7-4-5-8-15(14)20-13(2)17(12)18(23)24-11-16(22)21(3)10-6-9-19/h4-5,7-8H,6,10-11H2,1-3H3. The quantitative estimate of drug-likeness (QED) is 0.788. The summed E-state index contributed by atoms with van der Waals surface area (Å²) < 4.78 is 5.15. The number of fused-ring (bicyclic) bond motifs is 1. The van der Waals surface area contributed by atoms with Gasteiger partial charge in [-0.3, -0.25) is 9.78 Å². The molecule has 2 aromatic rings. The summed E-state index contributed by atoms with van der Waals surface area (Å²) in [7, 11) is 1.57. The molecule has 1 aromatic heterocycles. The molecule has 0 unspecified atom stereocenters. The second-order valence-electron chi connectivity index (χ2n) is 5.51. The molecule has 0 fully saturated rings. The van der Waals surface area contributed by atoms with E-state index < -0.39 is 5.97 Å². The van der Waals surface area contributed by atoms with Gasteiger partial charge in [0.2, 0.25) is 0 Å². The lowest BCUT2D eigenvalue weighted by atomic mass is 10.0. The fourth-order valence-electron chi connectivity index (χ4n) is 2.48. The molecule has 0 bridgehead atoms. The number of nitriles is 1. The summed E-state index contributed by atoms with van der Waals surface area (Å²) in [5.41, 5.74) is 2.56. The van der Waals surface area contributed by atoms with Crippen LogP contribution in [-0.2, 0) is 9.53 Å². The van der Waals surface area contributed by atoms with Crippen molar-refractivity contribution in [1.29, 1.82) is 5.26 Å². The van der Waals surface area contributed by atoms with E-state index in [1.54, 1.807) is 14.0 Å². The summed E-state index contributed by atoms with van der Waals surface area (Å²) >= 11 is 0. The monoisotopic (exact) mass is 325 g/mol. The number of rotatable bonds is 5.